The van der Waals surface area contributed by atoms with E-state index in [2.05, 4.69) is 114 Å². The zero-order valence-corrected chi connectivity index (χ0v) is 29.5. The Balaban J connectivity index is 1.14. The Bertz CT molecular complexity index is 2970. The van der Waals surface area contributed by atoms with Crippen LogP contribution in [0.25, 0.3) is 94.9 Å². The van der Waals surface area contributed by atoms with Gasteiger partial charge in [-0.3, -0.25) is 4.57 Å². The summed E-state index contributed by atoms with van der Waals surface area (Å²) in [6.07, 6.45) is 0. The first kappa shape index (κ1) is 31.9. The number of hydrogen-bond acceptors (Lipinski definition) is 5. The molecule has 0 unspecified atom stereocenters. The van der Waals surface area contributed by atoms with Crippen LogP contribution in [0.2, 0.25) is 0 Å². The smallest absolute Gasteiger partial charge is 0.164 e. The van der Waals surface area contributed by atoms with Crippen LogP contribution < -0.4 is 0 Å². The van der Waals surface area contributed by atoms with E-state index in [1.54, 1.807) is 0 Å². The molecule has 0 N–H and O–H groups in total. The largest absolute Gasteiger partial charge is 0.294 e. The van der Waals surface area contributed by atoms with Gasteiger partial charge in [0.2, 0.25) is 0 Å². The number of rotatable bonds is 6. The van der Waals surface area contributed by atoms with Crippen LogP contribution in [-0.2, 0) is 0 Å². The molecule has 7 aromatic carbocycles. The molecule has 0 fully saturated rings. The first-order chi connectivity index (χ1) is 27.2. The minimum Gasteiger partial charge on any atom is -0.294 e. The minimum absolute atomic E-state index is 0.558. The van der Waals surface area contributed by atoms with E-state index < -0.39 is 0 Å². The van der Waals surface area contributed by atoms with E-state index in [0.717, 1.165) is 77.5 Å². The van der Waals surface area contributed by atoms with Crippen LogP contribution in [0.15, 0.2) is 182 Å². The maximum absolute atomic E-state index is 9.89. The van der Waals surface area contributed by atoms with Gasteiger partial charge in [0.15, 0.2) is 17.5 Å². The number of aromatic nitrogens is 5. The van der Waals surface area contributed by atoms with Crippen LogP contribution >= 0.6 is 0 Å². The molecule has 0 aliphatic rings. The van der Waals surface area contributed by atoms with Gasteiger partial charge in [0.1, 0.15) is 5.82 Å². The second-order valence-corrected chi connectivity index (χ2v) is 13.5. The lowest BCUT2D eigenvalue weighted by atomic mass is 10.0. The summed E-state index contributed by atoms with van der Waals surface area (Å²) < 4.78 is 2.16. The van der Waals surface area contributed by atoms with Crippen molar-refractivity contribution in [3.05, 3.63) is 188 Å². The van der Waals surface area contributed by atoms with E-state index in [9.17, 15) is 5.26 Å². The summed E-state index contributed by atoms with van der Waals surface area (Å²) in [6, 6.07) is 64.0. The summed E-state index contributed by atoms with van der Waals surface area (Å²) in [4.78, 5) is 20.3. The van der Waals surface area contributed by atoms with Gasteiger partial charge in [-0.2, -0.15) is 5.26 Å². The molecule has 0 saturated carbocycles. The third-order valence-corrected chi connectivity index (χ3v) is 10.1. The molecule has 0 aliphatic heterocycles. The molecule has 0 saturated heterocycles. The third kappa shape index (κ3) is 5.87. The van der Waals surface area contributed by atoms with Crippen molar-refractivity contribution in [3.8, 4) is 68.3 Å². The molecule has 6 heteroatoms. The molecule has 10 rings (SSSR count). The van der Waals surface area contributed by atoms with Gasteiger partial charge in [0.05, 0.1) is 28.2 Å². The Hall–Kier alpha value is -7.75. The average molecular weight is 703 g/mol. The fourth-order valence-corrected chi connectivity index (χ4v) is 7.31. The lowest BCUT2D eigenvalue weighted by Gasteiger charge is -2.11. The summed E-state index contributed by atoms with van der Waals surface area (Å²) in [5.41, 5.74) is 10.6. The standard InChI is InChI=1S/C49H30N6/c50-31-32-15-26-44-41(29-32)42-30-40(24-27-45(42)55(44)46-28-25-37-13-7-8-14-43(37)51-46)49-53-47(38-20-16-35(17-21-38)33-9-3-1-4-10-33)52-48(54-49)39-22-18-36(19-23-39)34-11-5-2-6-12-34/h1-30H. The summed E-state index contributed by atoms with van der Waals surface area (Å²) in [5.74, 6) is 2.53. The molecule has 0 amide bonds. The van der Waals surface area contributed by atoms with Gasteiger partial charge in [-0.05, 0) is 76.9 Å². The number of para-hydroxylation sites is 1. The van der Waals surface area contributed by atoms with Gasteiger partial charge in [0, 0.05) is 32.8 Å². The van der Waals surface area contributed by atoms with E-state index in [1.165, 1.54) is 0 Å². The Morgan fingerprint density at radius 3 is 1.45 bits per heavy atom. The highest BCUT2D eigenvalue weighted by Crippen LogP contribution is 2.36. The predicted octanol–water partition coefficient (Wildman–Crippen LogP) is 11.7. The van der Waals surface area contributed by atoms with Crippen molar-refractivity contribution in [3.63, 3.8) is 0 Å². The minimum atomic E-state index is 0.558. The zero-order valence-electron chi connectivity index (χ0n) is 29.5. The Kier molecular flexibility index (Phi) is 7.75. The first-order valence-electron chi connectivity index (χ1n) is 18.1. The number of pyridine rings is 1. The monoisotopic (exact) mass is 702 g/mol. The second kappa shape index (κ2) is 13.3. The Morgan fingerprint density at radius 2 is 0.855 bits per heavy atom. The van der Waals surface area contributed by atoms with Crippen molar-refractivity contribution in [1.82, 2.24) is 24.5 Å². The van der Waals surface area contributed by atoms with Crippen LogP contribution in [0.3, 0.4) is 0 Å². The summed E-state index contributed by atoms with van der Waals surface area (Å²) >= 11 is 0. The van der Waals surface area contributed by atoms with E-state index >= 15 is 0 Å². The summed E-state index contributed by atoms with van der Waals surface area (Å²) in [6.45, 7) is 0. The molecule has 0 spiro atoms. The highest BCUT2D eigenvalue weighted by molar-refractivity contribution is 6.10. The van der Waals surface area contributed by atoms with Gasteiger partial charge < -0.3 is 0 Å². The Morgan fingerprint density at radius 1 is 0.382 bits per heavy atom. The normalized spacial score (nSPS) is 11.3. The van der Waals surface area contributed by atoms with Crippen molar-refractivity contribution in [1.29, 1.82) is 5.26 Å². The van der Waals surface area contributed by atoms with Gasteiger partial charge in [-0.15, -0.1) is 0 Å². The first-order valence-corrected chi connectivity index (χ1v) is 18.1. The molecule has 256 valence electrons. The van der Waals surface area contributed by atoms with E-state index in [-0.39, 0.29) is 0 Å². The van der Waals surface area contributed by atoms with Gasteiger partial charge in [-0.1, -0.05) is 127 Å². The van der Waals surface area contributed by atoms with Crippen molar-refractivity contribution < 1.29 is 0 Å². The van der Waals surface area contributed by atoms with Crippen molar-refractivity contribution in [2.75, 3.05) is 0 Å². The number of nitrogens with zero attached hydrogens (tertiary/aromatic N) is 6. The average Bonchev–Trinajstić information content (AvgIpc) is 3.59. The molecule has 55 heavy (non-hydrogen) atoms. The second-order valence-electron chi connectivity index (χ2n) is 13.5. The van der Waals surface area contributed by atoms with E-state index in [0.29, 0.717) is 23.0 Å². The van der Waals surface area contributed by atoms with Gasteiger partial charge in [0.25, 0.3) is 0 Å². The quantitative estimate of drug-likeness (QED) is 0.172. The van der Waals surface area contributed by atoms with Gasteiger partial charge >= 0.3 is 0 Å². The summed E-state index contributed by atoms with van der Waals surface area (Å²) in [7, 11) is 0. The topological polar surface area (TPSA) is 80.3 Å². The van der Waals surface area contributed by atoms with Crippen molar-refractivity contribution in [2.45, 2.75) is 0 Å². The molecule has 10 aromatic rings. The molecule has 0 bridgehead atoms. The van der Waals surface area contributed by atoms with Crippen LogP contribution in [-0.4, -0.2) is 24.5 Å². The SMILES string of the molecule is N#Cc1ccc2c(c1)c1cc(-c3nc(-c4ccc(-c5ccccc5)cc4)nc(-c4ccc(-c5ccccc5)cc4)n3)ccc1n2-c1ccc2ccccc2n1. The van der Waals surface area contributed by atoms with E-state index in [1.807, 2.05) is 78.9 Å². The zero-order chi connectivity index (χ0) is 36.7. The summed E-state index contributed by atoms with van der Waals surface area (Å²) in [5, 5.41) is 12.9. The maximum Gasteiger partial charge on any atom is 0.164 e. The predicted molar refractivity (Wildman–Crippen MR) is 221 cm³/mol. The van der Waals surface area contributed by atoms with Crippen molar-refractivity contribution >= 4 is 32.7 Å². The number of fused-ring (bicyclic) bond motifs is 4. The van der Waals surface area contributed by atoms with Crippen LogP contribution in [0.1, 0.15) is 5.56 Å². The molecule has 0 radical (unpaired) electrons. The molecule has 0 atom stereocenters. The fraction of sp³-hybridized carbons (Fsp3) is 0. The lowest BCUT2D eigenvalue weighted by Crippen LogP contribution is -2.00. The molecular formula is C49H30N6. The van der Waals surface area contributed by atoms with Crippen LogP contribution in [0, 0.1) is 11.3 Å². The molecule has 3 heterocycles. The molecular weight excluding hydrogens is 673 g/mol. The van der Waals surface area contributed by atoms with Gasteiger partial charge in [-0.25, -0.2) is 19.9 Å². The highest BCUT2D eigenvalue weighted by atomic mass is 15.1. The fourth-order valence-electron chi connectivity index (χ4n) is 7.31. The Labute approximate surface area is 317 Å². The van der Waals surface area contributed by atoms with Crippen LogP contribution in [0.5, 0.6) is 0 Å². The highest BCUT2D eigenvalue weighted by Gasteiger charge is 2.18. The maximum atomic E-state index is 9.89. The molecule has 3 aromatic heterocycles. The molecule has 6 nitrogen and oxygen atoms in total. The van der Waals surface area contributed by atoms with Crippen LogP contribution in [0.4, 0.5) is 0 Å². The third-order valence-electron chi connectivity index (χ3n) is 10.1. The van der Waals surface area contributed by atoms with E-state index in [4.69, 9.17) is 19.9 Å². The number of nitriles is 1. The molecule has 0 aliphatic carbocycles. The number of hydrogen-bond donors (Lipinski definition) is 0. The van der Waals surface area contributed by atoms with Crippen molar-refractivity contribution in [2.24, 2.45) is 0 Å². The lowest BCUT2D eigenvalue weighted by molar-refractivity contribution is 1.07. The number of benzene rings is 7.